The van der Waals surface area contributed by atoms with Crippen LogP contribution in [0.5, 0.6) is 0 Å². The summed E-state index contributed by atoms with van der Waals surface area (Å²) in [5.41, 5.74) is 3.59. The van der Waals surface area contributed by atoms with Gasteiger partial charge in [0.25, 0.3) is 0 Å². The van der Waals surface area contributed by atoms with Crippen molar-refractivity contribution in [1.82, 2.24) is 9.88 Å². The van der Waals surface area contributed by atoms with E-state index in [4.69, 9.17) is 0 Å². The standard InChI is InChI=1S/C17H22N2OS2/c1-5-13-6-8-14(9-7-13)17-18-12(2)15(22-17)10-21-11-16(20)19(3)4/h6-9H,5,10-11H2,1-4H3. The van der Waals surface area contributed by atoms with Crippen molar-refractivity contribution < 1.29 is 4.79 Å². The fourth-order valence-corrected chi connectivity index (χ4v) is 4.21. The zero-order valence-electron chi connectivity index (χ0n) is 13.5. The summed E-state index contributed by atoms with van der Waals surface area (Å²) in [4.78, 5) is 19.2. The number of rotatable bonds is 6. The van der Waals surface area contributed by atoms with Gasteiger partial charge in [-0.15, -0.1) is 23.1 Å². The van der Waals surface area contributed by atoms with E-state index >= 15 is 0 Å². The van der Waals surface area contributed by atoms with Crippen LogP contribution in [0, 0.1) is 6.92 Å². The summed E-state index contributed by atoms with van der Waals surface area (Å²) >= 11 is 3.38. The third-order valence-corrected chi connectivity index (χ3v) is 5.79. The molecule has 2 rings (SSSR count). The lowest BCUT2D eigenvalue weighted by Gasteiger charge is -2.08. The molecule has 118 valence electrons. The molecule has 0 radical (unpaired) electrons. The van der Waals surface area contributed by atoms with Crippen LogP contribution in [0.15, 0.2) is 24.3 Å². The second kappa shape index (κ2) is 7.79. The minimum atomic E-state index is 0.155. The second-order valence-electron chi connectivity index (χ2n) is 5.36. The van der Waals surface area contributed by atoms with Crippen LogP contribution in [0.4, 0.5) is 0 Å². The molecule has 3 nitrogen and oxygen atoms in total. The van der Waals surface area contributed by atoms with Crippen molar-refractivity contribution in [3.8, 4) is 10.6 Å². The second-order valence-corrected chi connectivity index (χ2v) is 7.43. The van der Waals surface area contributed by atoms with E-state index in [1.54, 1.807) is 42.1 Å². The van der Waals surface area contributed by atoms with Crippen LogP contribution in [0.1, 0.15) is 23.1 Å². The molecule has 5 heteroatoms. The van der Waals surface area contributed by atoms with Gasteiger partial charge in [-0.25, -0.2) is 4.98 Å². The van der Waals surface area contributed by atoms with Crippen LogP contribution < -0.4 is 0 Å². The number of hydrogen-bond acceptors (Lipinski definition) is 4. The highest BCUT2D eigenvalue weighted by Gasteiger charge is 2.11. The number of aromatic nitrogens is 1. The van der Waals surface area contributed by atoms with Gasteiger partial charge in [0.05, 0.1) is 11.4 Å². The van der Waals surface area contributed by atoms with Gasteiger partial charge in [0.1, 0.15) is 5.01 Å². The quantitative estimate of drug-likeness (QED) is 0.800. The Bertz CT molecular complexity index is 633. The number of aryl methyl sites for hydroxylation is 2. The van der Waals surface area contributed by atoms with E-state index in [1.165, 1.54) is 16.0 Å². The maximum Gasteiger partial charge on any atom is 0.232 e. The van der Waals surface area contributed by atoms with Crippen molar-refractivity contribution in [3.63, 3.8) is 0 Å². The number of hydrogen-bond donors (Lipinski definition) is 0. The van der Waals surface area contributed by atoms with E-state index in [2.05, 4.69) is 36.2 Å². The highest BCUT2D eigenvalue weighted by molar-refractivity contribution is 7.99. The predicted octanol–water partition coefficient (Wildman–Crippen LogP) is 4.00. The maximum atomic E-state index is 11.6. The van der Waals surface area contributed by atoms with Crippen molar-refractivity contribution in [2.75, 3.05) is 19.8 Å². The number of carbonyl (C=O) groups excluding carboxylic acids is 1. The van der Waals surface area contributed by atoms with Gasteiger partial charge in [-0.1, -0.05) is 31.2 Å². The maximum absolute atomic E-state index is 11.6. The molecule has 1 amide bonds. The summed E-state index contributed by atoms with van der Waals surface area (Å²) in [6.45, 7) is 4.21. The first-order chi connectivity index (χ1) is 10.5. The van der Waals surface area contributed by atoms with E-state index in [9.17, 15) is 4.79 Å². The van der Waals surface area contributed by atoms with E-state index < -0.39 is 0 Å². The van der Waals surface area contributed by atoms with Crippen LogP contribution in [-0.2, 0) is 17.0 Å². The topological polar surface area (TPSA) is 33.2 Å². The van der Waals surface area contributed by atoms with Crippen LogP contribution in [0.3, 0.4) is 0 Å². The molecule has 1 heterocycles. The molecule has 0 aliphatic heterocycles. The van der Waals surface area contributed by atoms with Crippen LogP contribution >= 0.6 is 23.1 Å². The Kier molecular flexibility index (Phi) is 6.03. The lowest BCUT2D eigenvalue weighted by Crippen LogP contribution is -2.23. The molecule has 22 heavy (non-hydrogen) atoms. The van der Waals surface area contributed by atoms with Crippen LogP contribution in [0.25, 0.3) is 10.6 Å². The Balaban J connectivity index is 2.02. The predicted molar refractivity (Wildman–Crippen MR) is 96.5 cm³/mol. The van der Waals surface area contributed by atoms with Gasteiger partial charge in [0.15, 0.2) is 0 Å². The Morgan fingerprint density at radius 1 is 1.27 bits per heavy atom. The van der Waals surface area contributed by atoms with Crippen molar-refractivity contribution in [1.29, 1.82) is 0 Å². The van der Waals surface area contributed by atoms with Crippen molar-refractivity contribution >= 4 is 29.0 Å². The molecule has 0 spiro atoms. The number of thiazole rings is 1. The number of carbonyl (C=O) groups is 1. The molecule has 0 bridgehead atoms. The Hall–Kier alpha value is -1.33. The molecule has 1 aromatic heterocycles. The monoisotopic (exact) mass is 334 g/mol. The zero-order valence-corrected chi connectivity index (χ0v) is 15.2. The average molecular weight is 335 g/mol. The van der Waals surface area contributed by atoms with Crippen molar-refractivity contribution in [2.45, 2.75) is 26.0 Å². The normalized spacial score (nSPS) is 10.7. The third-order valence-electron chi connectivity index (χ3n) is 3.46. The van der Waals surface area contributed by atoms with E-state index in [1.807, 2.05) is 6.92 Å². The van der Waals surface area contributed by atoms with Gasteiger partial charge in [0, 0.05) is 30.3 Å². The Labute approximate surface area is 140 Å². The van der Waals surface area contributed by atoms with Gasteiger partial charge in [-0.3, -0.25) is 4.79 Å². The summed E-state index contributed by atoms with van der Waals surface area (Å²) in [5, 5.41) is 1.06. The first kappa shape index (κ1) is 17.0. The first-order valence-electron chi connectivity index (χ1n) is 7.34. The fraction of sp³-hybridized carbons (Fsp3) is 0.412. The molecule has 0 aliphatic rings. The number of benzene rings is 1. The molecule has 0 saturated heterocycles. The Morgan fingerprint density at radius 2 is 1.95 bits per heavy atom. The fourth-order valence-electron chi connectivity index (χ4n) is 1.93. The molecule has 0 aliphatic carbocycles. The lowest BCUT2D eigenvalue weighted by atomic mass is 10.1. The largest absolute Gasteiger partial charge is 0.348 e. The summed E-state index contributed by atoms with van der Waals surface area (Å²) in [6.07, 6.45) is 1.05. The SMILES string of the molecule is CCc1ccc(-c2nc(C)c(CSCC(=O)N(C)C)s2)cc1. The molecule has 2 aromatic rings. The van der Waals surface area contributed by atoms with Crippen LogP contribution in [0.2, 0.25) is 0 Å². The Morgan fingerprint density at radius 3 is 2.55 bits per heavy atom. The summed E-state index contributed by atoms with van der Waals surface area (Å²) < 4.78 is 0. The molecular formula is C17H22N2OS2. The van der Waals surface area contributed by atoms with E-state index in [0.717, 1.165) is 22.9 Å². The number of nitrogens with zero attached hydrogens (tertiary/aromatic N) is 2. The van der Waals surface area contributed by atoms with Crippen molar-refractivity contribution in [2.24, 2.45) is 0 Å². The van der Waals surface area contributed by atoms with Gasteiger partial charge >= 0.3 is 0 Å². The van der Waals surface area contributed by atoms with Crippen LogP contribution in [-0.4, -0.2) is 35.6 Å². The van der Waals surface area contributed by atoms with Gasteiger partial charge in [-0.2, -0.15) is 0 Å². The van der Waals surface area contributed by atoms with Gasteiger partial charge in [-0.05, 0) is 18.9 Å². The lowest BCUT2D eigenvalue weighted by molar-refractivity contribution is -0.125. The molecule has 0 fully saturated rings. The average Bonchev–Trinajstić information content (AvgIpc) is 2.88. The summed E-state index contributed by atoms with van der Waals surface area (Å²) in [6, 6.07) is 8.61. The number of thioether (sulfide) groups is 1. The zero-order chi connectivity index (χ0) is 16.1. The molecule has 0 unspecified atom stereocenters. The molecule has 0 atom stereocenters. The summed E-state index contributed by atoms with van der Waals surface area (Å²) in [5.74, 6) is 1.52. The molecular weight excluding hydrogens is 312 g/mol. The third kappa shape index (κ3) is 4.34. The smallest absolute Gasteiger partial charge is 0.232 e. The van der Waals surface area contributed by atoms with Gasteiger partial charge in [0.2, 0.25) is 5.91 Å². The van der Waals surface area contributed by atoms with E-state index in [-0.39, 0.29) is 5.91 Å². The molecule has 0 saturated carbocycles. The van der Waals surface area contributed by atoms with Crippen molar-refractivity contribution in [3.05, 3.63) is 40.4 Å². The summed E-state index contributed by atoms with van der Waals surface area (Å²) in [7, 11) is 3.58. The number of amides is 1. The highest BCUT2D eigenvalue weighted by Crippen LogP contribution is 2.30. The first-order valence-corrected chi connectivity index (χ1v) is 9.32. The highest BCUT2D eigenvalue weighted by atomic mass is 32.2. The van der Waals surface area contributed by atoms with Gasteiger partial charge < -0.3 is 4.90 Å². The minimum Gasteiger partial charge on any atom is -0.348 e. The minimum absolute atomic E-state index is 0.155. The molecule has 0 N–H and O–H groups in total. The molecule has 1 aromatic carbocycles. The van der Waals surface area contributed by atoms with E-state index in [0.29, 0.717) is 5.75 Å².